The standard InChI is InChI=1S/C10H19NO4S/c1-4-5-6-7-16(14,15)11-9(8(2)3)10(12)13/h4,8-9,11H,1,5-7H2,2-3H3,(H,12,13)/t9-/m1/s1. The van der Waals surface area contributed by atoms with E-state index in [9.17, 15) is 13.2 Å². The highest BCUT2D eigenvalue weighted by atomic mass is 32.2. The first-order valence-electron chi connectivity index (χ1n) is 5.14. The molecule has 0 rings (SSSR count). The molecule has 0 heterocycles. The lowest BCUT2D eigenvalue weighted by molar-refractivity contribution is -0.140. The number of nitrogens with one attached hydrogen (secondary N) is 1. The molecule has 2 N–H and O–H groups in total. The Balaban J connectivity index is 4.42. The lowest BCUT2D eigenvalue weighted by atomic mass is 10.1. The molecule has 0 aliphatic heterocycles. The molecule has 0 aromatic heterocycles. The summed E-state index contributed by atoms with van der Waals surface area (Å²) in [6.07, 6.45) is 2.68. The summed E-state index contributed by atoms with van der Waals surface area (Å²) in [6, 6.07) is -1.06. The first kappa shape index (κ1) is 15.1. The van der Waals surface area contributed by atoms with Crippen molar-refractivity contribution in [2.24, 2.45) is 5.92 Å². The summed E-state index contributed by atoms with van der Waals surface area (Å²) < 4.78 is 25.2. The van der Waals surface area contributed by atoms with Gasteiger partial charge in [0.15, 0.2) is 0 Å². The molecule has 16 heavy (non-hydrogen) atoms. The average molecular weight is 249 g/mol. The molecular weight excluding hydrogens is 230 g/mol. The molecule has 0 bridgehead atoms. The summed E-state index contributed by atoms with van der Waals surface area (Å²) >= 11 is 0. The highest BCUT2D eigenvalue weighted by Gasteiger charge is 2.26. The molecule has 0 fully saturated rings. The molecule has 0 aromatic carbocycles. The number of rotatable bonds is 8. The van der Waals surface area contributed by atoms with E-state index in [-0.39, 0.29) is 11.7 Å². The van der Waals surface area contributed by atoms with Crippen LogP contribution in [0.25, 0.3) is 0 Å². The summed E-state index contributed by atoms with van der Waals surface area (Å²) in [5.41, 5.74) is 0. The Morgan fingerprint density at radius 2 is 2.06 bits per heavy atom. The summed E-state index contributed by atoms with van der Waals surface area (Å²) in [4.78, 5) is 10.8. The van der Waals surface area contributed by atoms with Crippen LogP contribution in [-0.4, -0.2) is 31.3 Å². The van der Waals surface area contributed by atoms with Crippen molar-refractivity contribution >= 4 is 16.0 Å². The lowest BCUT2D eigenvalue weighted by Gasteiger charge is -2.17. The fourth-order valence-electron chi connectivity index (χ4n) is 1.14. The van der Waals surface area contributed by atoms with Crippen LogP contribution in [0.3, 0.4) is 0 Å². The molecule has 0 spiro atoms. The second kappa shape index (κ2) is 6.65. The molecule has 0 aromatic rings. The van der Waals surface area contributed by atoms with Crippen LogP contribution in [0.1, 0.15) is 26.7 Å². The van der Waals surface area contributed by atoms with E-state index < -0.39 is 22.0 Å². The maximum absolute atomic E-state index is 11.5. The summed E-state index contributed by atoms with van der Waals surface area (Å²) in [6.45, 7) is 6.80. The van der Waals surface area contributed by atoms with Crippen molar-refractivity contribution in [3.05, 3.63) is 12.7 Å². The number of allylic oxidation sites excluding steroid dienone is 1. The first-order chi connectivity index (χ1) is 7.30. The van der Waals surface area contributed by atoms with Crippen molar-refractivity contribution in [2.45, 2.75) is 32.7 Å². The Bertz CT molecular complexity index is 335. The van der Waals surface area contributed by atoms with E-state index in [1.807, 2.05) is 0 Å². The van der Waals surface area contributed by atoms with Gasteiger partial charge in [-0.15, -0.1) is 6.58 Å². The highest BCUT2D eigenvalue weighted by Crippen LogP contribution is 2.05. The van der Waals surface area contributed by atoms with Gasteiger partial charge in [0, 0.05) is 0 Å². The molecule has 0 aliphatic carbocycles. The van der Waals surface area contributed by atoms with Gasteiger partial charge in [-0.1, -0.05) is 19.9 Å². The van der Waals surface area contributed by atoms with Gasteiger partial charge in [-0.05, 0) is 18.8 Å². The Morgan fingerprint density at radius 1 is 1.50 bits per heavy atom. The Labute approximate surface area is 96.6 Å². The molecule has 0 aliphatic rings. The number of hydrogen-bond acceptors (Lipinski definition) is 3. The Morgan fingerprint density at radius 3 is 2.44 bits per heavy atom. The van der Waals surface area contributed by atoms with Crippen molar-refractivity contribution in [3.8, 4) is 0 Å². The van der Waals surface area contributed by atoms with Gasteiger partial charge in [-0.3, -0.25) is 4.79 Å². The third kappa shape index (κ3) is 5.87. The minimum Gasteiger partial charge on any atom is -0.480 e. The topological polar surface area (TPSA) is 83.5 Å². The number of aliphatic carboxylic acids is 1. The zero-order chi connectivity index (χ0) is 12.8. The SMILES string of the molecule is C=CCCCS(=O)(=O)N[C@@H](C(=O)O)C(C)C. The van der Waals surface area contributed by atoms with Gasteiger partial charge in [0.1, 0.15) is 6.04 Å². The number of sulfonamides is 1. The van der Waals surface area contributed by atoms with Crippen molar-refractivity contribution in [2.75, 3.05) is 5.75 Å². The van der Waals surface area contributed by atoms with Crippen molar-refractivity contribution in [1.29, 1.82) is 0 Å². The summed E-state index contributed by atoms with van der Waals surface area (Å²) in [5.74, 6) is -1.51. The molecule has 6 heteroatoms. The van der Waals surface area contributed by atoms with Gasteiger partial charge in [0.25, 0.3) is 0 Å². The molecule has 0 unspecified atom stereocenters. The first-order valence-corrected chi connectivity index (χ1v) is 6.79. The van der Waals surface area contributed by atoms with Gasteiger partial charge in [0.05, 0.1) is 5.75 Å². The van der Waals surface area contributed by atoms with Crippen LogP contribution in [0.2, 0.25) is 0 Å². The van der Waals surface area contributed by atoms with Crippen molar-refractivity contribution in [3.63, 3.8) is 0 Å². The van der Waals surface area contributed by atoms with Gasteiger partial charge in [0.2, 0.25) is 10.0 Å². The zero-order valence-electron chi connectivity index (χ0n) is 9.64. The maximum atomic E-state index is 11.5. The number of hydrogen-bond donors (Lipinski definition) is 2. The van der Waals surface area contributed by atoms with E-state index in [0.717, 1.165) is 0 Å². The highest BCUT2D eigenvalue weighted by molar-refractivity contribution is 7.89. The third-order valence-electron chi connectivity index (χ3n) is 2.06. The summed E-state index contributed by atoms with van der Waals surface area (Å²) in [7, 11) is -3.52. The van der Waals surface area contributed by atoms with E-state index in [4.69, 9.17) is 5.11 Å². The lowest BCUT2D eigenvalue weighted by Crippen LogP contribution is -2.45. The molecule has 0 saturated heterocycles. The van der Waals surface area contributed by atoms with Crippen LogP contribution in [0.5, 0.6) is 0 Å². The smallest absolute Gasteiger partial charge is 0.321 e. The third-order valence-corrected chi connectivity index (χ3v) is 3.50. The van der Waals surface area contributed by atoms with Gasteiger partial charge in [-0.25, -0.2) is 13.1 Å². The Kier molecular flexibility index (Phi) is 6.28. The molecule has 0 saturated carbocycles. The molecule has 1 atom stereocenters. The fourth-order valence-corrected chi connectivity index (χ4v) is 2.57. The van der Waals surface area contributed by atoms with Crippen LogP contribution in [-0.2, 0) is 14.8 Å². The number of unbranched alkanes of at least 4 members (excludes halogenated alkanes) is 1. The maximum Gasteiger partial charge on any atom is 0.321 e. The Hall–Kier alpha value is -0.880. The normalized spacial score (nSPS) is 13.7. The molecule has 5 nitrogen and oxygen atoms in total. The van der Waals surface area contributed by atoms with Crippen LogP contribution in [0, 0.1) is 5.92 Å². The van der Waals surface area contributed by atoms with Gasteiger partial charge in [-0.2, -0.15) is 0 Å². The minimum atomic E-state index is -3.52. The minimum absolute atomic E-state index is 0.0739. The molecule has 0 amide bonds. The van der Waals surface area contributed by atoms with E-state index in [1.165, 1.54) is 0 Å². The van der Waals surface area contributed by atoms with E-state index in [2.05, 4.69) is 11.3 Å². The van der Waals surface area contributed by atoms with E-state index in [1.54, 1.807) is 19.9 Å². The monoisotopic (exact) mass is 249 g/mol. The molecular formula is C10H19NO4S. The number of carboxylic acid groups (broad SMARTS) is 1. The van der Waals surface area contributed by atoms with Crippen molar-refractivity contribution < 1.29 is 18.3 Å². The quantitative estimate of drug-likeness (QED) is 0.496. The van der Waals surface area contributed by atoms with Crippen LogP contribution >= 0.6 is 0 Å². The van der Waals surface area contributed by atoms with E-state index in [0.29, 0.717) is 12.8 Å². The van der Waals surface area contributed by atoms with Crippen LogP contribution in [0.15, 0.2) is 12.7 Å². The average Bonchev–Trinajstić information content (AvgIpc) is 2.13. The predicted octanol–water partition coefficient (Wildman–Crippen LogP) is 0.981. The second-order valence-corrected chi connectivity index (χ2v) is 5.80. The zero-order valence-corrected chi connectivity index (χ0v) is 10.5. The van der Waals surface area contributed by atoms with E-state index >= 15 is 0 Å². The predicted molar refractivity (Wildman–Crippen MR) is 62.6 cm³/mol. The van der Waals surface area contributed by atoms with Crippen LogP contribution in [0.4, 0.5) is 0 Å². The largest absolute Gasteiger partial charge is 0.480 e. The second-order valence-electron chi connectivity index (χ2n) is 3.93. The fraction of sp³-hybridized carbons (Fsp3) is 0.700. The van der Waals surface area contributed by atoms with Crippen LogP contribution < -0.4 is 4.72 Å². The van der Waals surface area contributed by atoms with Crippen molar-refractivity contribution in [1.82, 2.24) is 4.72 Å². The van der Waals surface area contributed by atoms with Gasteiger partial charge >= 0.3 is 5.97 Å². The number of carbonyl (C=O) groups is 1. The molecule has 94 valence electrons. The summed E-state index contributed by atoms with van der Waals surface area (Å²) in [5, 5.41) is 8.84. The van der Waals surface area contributed by atoms with Gasteiger partial charge < -0.3 is 5.11 Å². The number of carboxylic acids is 1. The molecule has 0 radical (unpaired) electrons.